The van der Waals surface area contributed by atoms with Gasteiger partial charge in [0.25, 0.3) is 5.91 Å². The van der Waals surface area contributed by atoms with Crippen molar-refractivity contribution in [2.45, 2.75) is 25.8 Å². The average molecular weight is 391 g/mol. The second kappa shape index (κ2) is 11.0. The standard InChI is InChI=1S/C19H29N5O4/c1-3-20-18(23-15-8-12-24(13-9-15)19(27)28-2)22-11-10-21-17(26)14-4-6-16(25)7-5-14/h4-7,15,25H,3,8-13H2,1-2H3,(H,21,26)(H2,20,22,23). The van der Waals surface area contributed by atoms with Crippen LogP contribution in [-0.2, 0) is 4.74 Å². The number of hydrogen-bond acceptors (Lipinski definition) is 5. The number of benzene rings is 1. The molecule has 1 aliphatic rings. The molecule has 0 spiro atoms. The van der Waals surface area contributed by atoms with Crippen LogP contribution in [0.1, 0.15) is 30.1 Å². The largest absolute Gasteiger partial charge is 0.508 e. The van der Waals surface area contributed by atoms with Crippen LogP contribution in [0.2, 0.25) is 0 Å². The molecule has 9 heteroatoms. The van der Waals surface area contributed by atoms with Crippen LogP contribution < -0.4 is 16.0 Å². The fraction of sp³-hybridized carbons (Fsp3) is 0.526. The summed E-state index contributed by atoms with van der Waals surface area (Å²) < 4.78 is 4.75. The summed E-state index contributed by atoms with van der Waals surface area (Å²) in [5.74, 6) is 0.612. The molecule has 28 heavy (non-hydrogen) atoms. The van der Waals surface area contributed by atoms with Crippen LogP contribution >= 0.6 is 0 Å². The van der Waals surface area contributed by atoms with Gasteiger partial charge in [-0.1, -0.05) is 0 Å². The van der Waals surface area contributed by atoms with Gasteiger partial charge in [0.1, 0.15) is 5.75 Å². The first-order chi connectivity index (χ1) is 13.5. The fourth-order valence-corrected chi connectivity index (χ4v) is 2.90. The molecule has 0 bridgehead atoms. The molecule has 1 aliphatic heterocycles. The predicted octanol–water partition coefficient (Wildman–Crippen LogP) is 0.908. The van der Waals surface area contributed by atoms with Gasteiger partial charge in [-0.05, 0) is 44.0 Å². The third-order valence-corrected chi connectivity index (χ3v) is 4.41. The number of amides is 2. The highest BCUT2D eigenvalue weighted by atomic mass is 16.5. The lowest BCUT2D eigenvalue weighted by Crippen LogP contribution is -2.50. The number of guanidine groups is 1. The number of phenolic OH excluding ortho intramolecular Hbond substituents is 1. The zero-order valence-electron chi connectivity index (χ0n) is 16.4. The zero-order valence-corrected chi connectivity index (χ0v) is 16.4. The van der Waals surface area contributed by atoms with E-state index in [2.05, 4.69) is 20.9 Å². The number of carbonyl (C=O) groups excluding carboxylic acids is 2. The monoisotopic (exact) mass is 391 g/mol. The first-order valence-electron chi connectivity index (χ1n) is 9.48. The van der Waals surface area contributed by atoms with Crippen LogP contribution in [0.15, 0.2) is 29.3 Å². The van der Waals surface area contributed by atoms with E-state index in [0.29, 0.717) is 37.7 Å². The summed E-state index contributed by atoms with van der Waals surface area (Å²) in [6, 6.07) is 6.32. The number of rotatable bonds is 6. The number of likely N-dealkylation sites (tertiary alicyclic amines) is 1. The minimum absolute atomic E-state index is 0.125. The minimum Gasteiger partial charge on any atom is -0.508 e. The molecule has 0 saturated carbocycles. The van der Waals surface area contributed by atoms with Gasteiger partial charge >= 0.3 is 6.09 Å². The molecule has 1 heterocycles. The Morgan fingerprint density at radius 2 is 1.89 bits per heavy atom. The van der Waals surface area contributed by atoms with Crippen LogP contribution in [-0.4, -0.2) is 73.8 Å². The SMILES string of the molecule is CCNC(=NCCNC(=O)c1ccc(O)cc1)NC1CCN(C(=O)OC)CC1. The summed E-state index contributed by atoms with van der Waals surface area (Å²) >= 11 is 0. The Hall–Kier alpha value is -2.97. The van der Waals surface area contributed by atoms with Crippen LogP contribution in [0.5, 0.6) is 5.75 Å². The van der Waals surface area contributed by atoms with E-state index in [9.17, 15) is 14.7 Å². The number of aromatic hydroxyl groups is 1. The van der Waals surface area contributed by atoms with Gasteiger partial charge in [-0.2, -0.15) is 0 Å². The van der Waals surface area contributed by atoms with E-state index in [1.54, 1.807) is 17.0 Å². The minimum atomic E-state index is -0.289. The Bertz CT molecular complexity index is 669. The normalized spacial score (nSPS) is 15.1. The second-order valence-corrected chi connectivity index (χ2v) is 6.44. The number of aliphatic imine (C=N–C) groups is 1. The van der Waals surface area contributed by atoms with Crippen LogP contribution in [0, 0.1) is 0 Å². The second-order valence-electron chi connectivity index (χ2n) is 6.44. The van der Waals surface area contributed by atoms with Crippen molar-refractivity contribution in [2.75, 3.05) is 39.8 Å². The third-order valence-electron chi connectivity index (χ3n) is 4.41. The summed E-state index contributed by atoms with van der Waals surface area (Å²) in [5, 5.41) is 18.6. The summed E-state index contributed by atoms with van der Waals surface area (Å²) in [7, 11) is 1.39. The third kappa shape index (κ3) is 6.64. The highest BCUT2D eigenvalue weighted by Gasteiger charge is 2.23. The van der Waals surface area contributed by atoms with E-state index < -0.39 is 0 Å². The topological polar surface area (TPSA) is 115 Å². The number of phenols is 1. The molecule has 0 radical (unpaired) electrons. The number of nitrogens with zero attached hydrogens (tertiary/aromatic N) is 2. The molecular weight excluding hydrogens is 362 g/mol. The maximum atomic E-state index is 12.0. The molecule has 0 unspecified atom stereocenters. The van der Waals surface area contributed by atoms with Crippen molar-refractivity contribution in [2.24, 2.45) is 4.99 Å². The lowest BCUT2D eigenvalue weighted by molar-refractivity contribution is 0.0954. The molecule has 1 saturated heterocycles. The Morgan fingerprint density at radius 1 is 1.21 bits per heavy atom. The summed E-state index contributed by atoms with van der Waals surface area (Å²) in [4.78, 5) is 29.8. The van der Waals surface area contributed by atoms with Crippen LogP contribution in [0.25, 0.3) is 0 Å². The molecule has 9 nitrogen and oxygen atoms in total. The molecule has 2 rings (SSSR count). The predicted molar refractivity (Wildman–Crippen MR) is 107 cm³/mol. The quantitative estimate of drug-likeness (QED) is 0.325. The van der Waals surface area contributed by atoms with Crippen molar-refractivity contribution in [3.05, 3.63) is 29.8 Å². The lowest BCUT2D eigenvalue weighted by Gasteiger charge is -2.32. The van der Waals surface area contributed by atoms with Crippen molar-refractivity contribution in [1.82, 2.24) is 20.9 Å². The van der Waals surface area contributed by atoms with Crippen molar-refractivity contribution >= 4 is 18.0 Å². The van der Waals surface area contributed by atoms with Gasteiger partial charge in [0, 0.05) is 37.8 Å². The average Bonchev–Trinajstić information content (AvgIpc) is 2.71. The van der Waals surface area contributed by atoms with Gasteiger partial charge in [0.05, 0.1) is 13.7 Å². The first kappa shape index (κ1) is 21.3. The highest BCUT2D eigenvalue weighted by Crippen LogP contribution is 2.11. The first-order valence-corrected chi connectivity index (χ1v) is 9.48. The van der Waals surface area contributed by atoms with Crippen molar-refractivity contribution in [3.8, 4) is 5.75 Å². The number of nitrogens with one attached hydrogen (secondary N) is 3. The molecule has 0 aromatic heterocycles. The van der Waals surface area contributed by atoms with Crippen LogP contribution in [0.3, 0.4) is 0 Å². The maximum Gasteiger partial charge on any atom is 0.409 e. The molecule has 154 valence electrons. The van der Waals surface area contributed by atoms with E-state index in [0.717, 1.165) is 19.4 Å². The van der Waals surface area contributed by atoms with E-state index in [-0.39, 0.29) is 23.8 Å². The maximum absolute atomic E-state index is 12.0. The van der Waals surface area contributed by atoms with Crippen LogP contribution in [0.4, 0.5) is 4.79 Å². The number of hydrogen-bond donors (Lipinski definition) is 4. The Balaban J connectivity index is 1.76. The Labute approximate surface area is 165 Å². The number of ether oxygens (including phenoxy) is 1. The van der Waals surface area contributed by atoms with E-state index in [1.165, 1.54) is 19.2 Å². The Kier molecular flexibility index (Phi) is 8.38. The molecule has 1 fully saturated rings. The van der Waals surface area contributed by atoms with Gasteiger partial charge in [0.2, 0.25) is 0 Å². The summed E-state index contributed by atoms with van der Waals surface area (Å²) in [6.45, 7) is 4.84. The lowest BCUT2D eigenvalue weighted by atomic mass is 10.1. The van der Waals surface area contributed by atoms with Gasteiger partial charge in [-0.25, -0.2) is 4.79 Å². The summed E-state index contributed by atoms with van der Waals surface area (Å²) in [6.07, 6.45) is 1.34. The highest BCUT2D eigenvalue weighted by molar-refractivity contribution is 5.94. The van der Waals surface area contributed by atoms with E-state index in [1.807, 2.05) is 6.92 Å². The van der Waals surface area contributed by atoms with E-state index in [4.69, 9.17) is 4.74 Å². The molecule has 1 aromatic rings. The number of methoxy groups -OCH3 is 1. The molecule has 0 atom stereocenters. The van der Waals surface area contributed by atoms with Crippen molar-refractivity contribution in [3.63, 3.8) is 0 Å². The number of piperidine rings is 1. The smallest absolute Gasteiger partial charge is 0.409 e. The molecular formula is C19H29N5O4. The van der Waals surface area contributed by atoms with Crippen molar-refractivity contribution in [1.29, 1.82) is 0 Å². The molecule has 2 amide bonds. The molecule has 0 aliphatic carbocycles. The fourth-order valence-electron chi connectivity index (χ4n) is 2.90. The summed E-state index contributed by atoms with van der Waals surface area (Å²) in [5.41, 5.74) is 0.490. The molecule has 4 N–H and O–H groups in total. The zero-order chi connectivity index (χ0) is 20.4. The van der Waals surface area contributed by atoms with E-state index >= 15 is 0 Å². The van der Waals surface area contributed by atoms with Crippen molar-refractivity contribution < 1.29 is 19.4 Å². The van der Waals surface area contributed by atoms with Gasteiger partial charge in [-0.15, -0.1) is 0 Å². The molecule has 1 aromatic carbocycles. The van der Waals surface area contributed by atoms with Gasteiger partial charge in [-0.3, -0.25) is 9.79 Å². The van der Waals surface area contributed by atoms with Gasteiger partial charge < -0.3 is 30.7 Å². The van der Waals surface area contributed by atoms with Gasteiger partial charge in [0.15, 0.2) is 5.96 Å². The number of carbonyl (C=O) groups is 2. The Morgan fingerprint density at radius 3 is 2.50 bits per heavy atom.